The highest BCUT2D eigenvalue weighted by Gasteiger charge is 2.44. The topological polar surface area (TPSA) is 55.4 Å². The summed E-state index contributed by atoms with van der Waals surface area (Å²) in [6.07, 6.45) is 1.77. The van der Waals surface area contributed by atoms with E-state index in [1.54, 1.807) is 18.2 Å². The maximum atomic E-state index is 12.2. The molecule has 1 aliphatic heterocycles. The Morgan fingerprint density at radius 2 is 2.05 bits per heavy atom. The molecule has 2 unspecified atom stereocenters. The van der Waals surface area contributed by atoms with Crippen molar-refractivity contribution < 1.29 is 14.3 Å². The van der Waals surface area contributed by atoms with Gasteiger partial charge in [-0.15, -0.1) is 0 Å². The van der Waals surface area contributed by atoms with Crippen LogP contribution in [-0.4, -0.2) is 30.0 Å². The van der Waals surface area contributed by atoms with Crippen LogP contribution in [0.5, 0.6) is 0 Å². The summed E-state index contributed by atoms with van der Waals surface area (Å²) in [7, 11) is 1.37. The first-order chi connectivity index (χ1) is 10.0. The van der Waals surface area contributed by atoms with E-state index in [1.165, 1.54) is 7.11 Å². The predicted molar refractivity (Wildman–Crippen MR) is 85.6 cm³/mol. The molecule has 4 nitrogen and oxygen atoms in total. The van der Waals surface area contributed by atoms with Crippen LogP contribution >= 0.6 is 23.2 Å². The fourth-order valence-corrected chi connectivity index (χ4v) is 4.92. The van der Waals surface area contributed by atoms with Gasteiger partial charge in [0, 0.05) is 16.5 Å². The Morgan fingerprint density at radius 1 is 1.38 bits per heavy atom. The Kier molecular flexibility index (Phi) is 5.79. The van der Waals surface area contributed by atoms with Gasteiger partial charge < -0.3 is 4.74 Å². The third-order valence-corrected chi connectivity index (χ3v) is 6.32. The van der Waals surface area contributed by atoms with Crippen molar-refractivity contribution in [3.05, 3.63) is 33.8 Å². The SMILES string of the molecule is COC(=O)C1CCC[S+]1NC(=O)Cc1c(Cl)cccc1Cl. The lowest BCUT2D eigenvalue weighted by Gasteiger charge is -2.10. The van der Waals surface area contributed by atoms with Crippen LogP contribution in [0.15, 0.2) is 18.2 Å². The molecule has 1 aliphatic rings. The van der Waals surface area contributed by atoms with E-state index in [9.17, 15) is 9.59 Å². The number of carbonyl (C=O) groups excluding carboxylic acids is 2. The maximum Gasteiger partial charge on any atom is 0.361 e. The summed E-state index contributed by atoms with van der Waals surface area (Å²) in [4.78, 5) is 23.8. The van der Waals surface area contributed by atoms with Crippen molar-refractivity contribution in [3.8, 4) is 0 Å². The van der Waals surface area contributed by atoms with Crippen molar-refractivity contribution in [1.82, 2.24) is 4.72 Å². The molecule has 1 fully saturated rings. The second-order valence-electron chi connectivity index (χ2n) is 4.69. The summed E-state index contributed by atoms with van der Waals surface area (Å²) >= 11 is 11.6. The highest BCUT2D eigenvalue weighted by Crippen LogP contribution is 2.26. The number of esters is 1. The van der Waals surface area contributed by atoms with Crippen LogP contribution in [0, 0.1) is 0 Å². The molecule has 114 valence electrons. The summed E-state index contributed by atoms with van der Waals surface area (Å²) in [5.74, 6) is 0.373. The summed E-state index contributed by atoms with van der Waals surface area (Å²) in [6, 6.07) is 5.13. The number of rotatable bonds is 4. The largest absolute Gasteiger partial charge is 0.465 e. The van der Waals surface area contributed by atoms with E-state index in [0.717, 1.165) is 18.6 Å². The Morgan fingerprint density at radius 3 is 2.67 bits per heavy atom. The zero-order chi connectivity index (χ0) is 15.4. The van der Waals surface area contributed by atoms with Gasteiger partial charge in [0.15, 0.2) is 0 Å². The Balaban J connectivity index is 2.00. The minimum Gasteiger partial charge on any atom is -0.465 e. The highest BCUT2D eigenvalue weighted by molar-refractivity contribution is 7.97. The van der Waals surface area contributed by atoms with E-state index in [0.29, 0.717) is 15.6 Å². The Bertz CT molecular complexity index is 533. The van der Waals surface area contributed by atoms with Crippen LogP contribution < -0.4 is 4.72 Å². The van der Waals surface area contributed by atoms with Gasteiger partial charge in [-0.05, 0) is 24.1 Å². The standard InChI is InChI=1S/C14H15Cl2NO3S/c1-20-14(19)12-6-3-7-21(12)17-13(18)8-9-10(15)4-2-5-11(9)16/h2,4-5,12H,3,6-8H2,1H3/p+1. The number of methoxy groups -OCH3 is 1. The lowest BCUT2D eigenvalue weighted by atomic mass is 10.1. The van der Waals surface area contributed by atoms with E-state index in [1.807, 2.05) is 0 Å². The molecular weight excluding hydrogens is 333 g/mol. The zero-order valence-electron chi connectivity index (χ0n) is 11.5. The number of benzene rings is 1. The molecule has 2 rings (SSSR count). The number of hydrogen-bond donors (Lipinski definition) is 1. The molecule has 0 saturated carbocycles. The summed E-state index contributed by atoms with van der Waals surface area (Å²) < 4.78 is 7.69. The number of carbonyl (C=O) groups is 2. The lowest BCUT2D eigenvalue weighted by Crippen LogP contribution is -2.41. The second kappa shape index (κ2) is 7.38. The molecule has 0 bridgehead atoms. The maximum absolute atomic E-state index is 12.2. The molecule has 7 heteroatoms. The van der Waals surface area contributed by atoms with Crippen LogP contribution in [0.25, 0.3) is 0 Å². The molecule has 1 aromatic carbocycles. The molecule has 1 N–H and O–H groups in total. The van der Waals surface area contributed by atoms with Gasteiger partial charge in [-0.1, -0.05) is 29.3 Å². The highest BCUT2D eigenvalue weighted by atomic mass is 35.5. The van der Waals surface area contributed by atoms with E-state index < -0.39 is 11.1 Å². The minimum atomic E-state index is -0.472. The molecule has 2 atom stereocenters. The van der Waals surface area contributed by atoms with Crippen LogP contribution in [0.1, 0.15) is 18.4 Å². The van der Waals surface area contributed by atoms with E-state index in [4.69, 9.17) is 27.9 Å². The van der Waals surface area contributed by atoms with Crippen molar-refractivity contribution in [2.24, 2.45) is 0 Å². The van der Waals surface area contributed by atoms with Crippen LogP contribution in [0.4, 0.5) is 0 Å². The minimum absolute atomic E-state index is 0.107. The molecule has 0 aliphatic carbocycles. The van der Waals surface area contributed by atoms with Gasteiger partial charge >= 0.3 is 5.97 Å². The van der Waals surface area contributed by atoms with Crippen LogP contribution in [0.3, 0.4) is 0 Å². The van der Waals surface area contributed by atoms with Gasteiger partial charge in [0.2, 0.25) is 5.25 Å². The van der Waals surface area contributed by atoms with Crippen LogP contribution in [-0.2, 0) is 31.8 Å². The molecule has 1 aromatic rings. The normalized spacial score (nSPS) is 21.1. The van der Waals surface area contributed by atoms with Gasteiger partial charge in [-0.3, -0.25) is 4.79 Å². The molecule has 1 saturated heterocycles. The average molecular weight is 349 g/mol. The third kappa shape index (κ3) is 4.05. The number of ether oxygens (including phenoxy) is 1. The molecular formula is C14H16Cl2NO3S+. The first-order valence-electron chi connectivity index (χ1n) is 6.53. The summed E-state index contributed by atoms with van der Waals surface area (Å²) in [5.41, 5.74) is 0.607. The van der Waals surface area contributed by atoms with E-state index >= 15 is 0 Å². The van der Waals surface area contributed by atoms with E-state index in [-0.39, 0.29) is 23.5 Å². The van der Waals surface area contributed by atoms with Gasteiger partial charge in [-0.25, -0.2) is 4.79 Å². The first kappa shape index (κ1) is 16.5. The third-order valence-electron chi connectivity index (χ3n) is 3.28. The fourth-order valence-electron chi connectivity index (χ4n) is 2.24. The molecule has 1 heterocycles. The molecule has 0 radical (unpaired) electrons. The molecule has 1 amide bonds. The van der Waals surface area contributed by atoms with Gasteiger partial charge in [-0.2, -0.15) is 4.72 Å². The molecule has 21 heavy (non-hydrogen) atoms. The Hall–Kier alpha value is -0.910. The monoisotopic (exact) mass is 348 g/mol. The lowest BCUT2D eigenvalue weighted by molar-refractivity contribution is -0.140. The molecule has 0 aromatic heterocycles. The second-order valence-corrected chi connectivity index (χ2v) is 7.54. The number of nitrogens with one attached hydrogen (secondary N) is 1. The predicted octanol–water partition coefficient (Wildman–Crippen LogP) is 2.52. The smallest absolute Gasteiger partial charge is 0.361 e. The van der Waals surface area contributed by atoms with Gasteiger partial charge in [0.05, 0.1) is 13.5 Å². The van der Waals surface area contributed by atoms with Crippen LogP contribution in [0.2, 0.25) is 10.0 Å². The average Bonchev–Trinajstić information content (AvgIpc) is 2.90. The summed E-state index contributed by atoms with van der Waals surface area (Å²) in [6.45, 7) is 0. The Labute approximate surface area is 136 Å². The molecule has 0 spiro atoms. The zero-order valence-corrected chi connectivity index (χ0v) is 13.9. The van der Waals surface area contributed by atoms with Crippen molar-refractivity contribution in [1.29, 1.82) is 0 Å². The van der Waals surface area contributed by atoms with E-state index in [2.05, 4.69) is 4.72 Å². The number of halogens is 2. The first-order valence-corrected chi connectivity index (χ1v) is 8.74. The quantitative estimate of drug-likeness (QED) is 0.671. The summed E-state index contributed by atoms with van der Waals surface area (Å²) in [5, 5.41) is 0.703. The van der Waals surface area contributed by atoms with Crippen molar-refractivity contribution >= 4 is 46.2 Å². The fraction of sp³-hybridized carbons (Fsp3) is 0.429. The van der Waals surface area contributed by atoms with Gasteiger partial charge in [0.1, 0.15) is 16.8 Å². The van der Waals surface area contributed by atoms with Crippen molar-refractivity contribution in [2.45, 2.75) is 24.5 Å². The number of amides is 1. The van der Waals surface area contributed by atoms with Crippen molar-refractivity contribution in [2.75, 3.05) is 12.9 Å². The number of hydrogen-bond acceptors (Lipinski definition) is 3. The van der Waals surface area contributed by atoms with Crippen molar-refractivity contribution in [3.63, 3.8) is 0 Å². The van der Waals surface area contributed by atoms with Gasteiger partial charge in [0.25, 0.3) is 5.91 Å².